The van der Waals surface area contributed by atoms with E-state index in [1.165, 1.54) is 0 Å². The maximum absolute atomic E-state index is 11.5. The van der Waals surface area contributed by atoms with Gasteiger partial charge in [0, 0.05) is 11.8 Å². The summed E-state index contributed by atoms with van der Waals surface area (Å²) in [5.41, 5.74) is -0.835. The summed E-state index contributed by atoms with van der Waals surface area (Å²) in [7, 11) is 0. The first kappa shape index (κ1) is 22.5. The summed E-state index contributed by atoms with van der Waals surface area (Å²) in [6, 6.07) is 0. The van der Waals surface area contributed by atoms with Crippen LogP contribution in [0.25, 0.3) is 0 Å². The minimum atomic E-state index is -0.820. The summed E-state index contributed by atoms with van der Waals surface area (Å²) in [4.78, 5) is 11.1. The topological polar surface area (TPSA) is 118 Å². The molecule has 0 spiro atoms. The van der Waals surface area contributed by atoms with Crippen molar-refractivity contribution >= 4 is 5.97 Å². The minimum Gasteiger partial charge on any atom is -0.481 e. The number of aliphatic hydroxyl groups is 4. The number of carbonyl (C=O) groups is 1. The van der Waals surface area contributed by atoms with Gasteiger partial charge in [-0.2, -0.15) is 0 Å². The van der Waals surface area contributed by atoms with Crippen molar-refractivity contribution in [3.05, 3.63) is 0 Å². The molecule has 4 saturated carbocycles. The smallest absolute Gasteiger partial charge is 0.303 e. The lowest BCUT2D eigenvalue weighted by atomic mass is 9.42. The zero-order valence-electron chi connectivity index (χ0n) is 18.6. The van der Waals surface area contributed by atoms with Crippen molar-refractivity contribution in [1.82, 2.24) is 0 Å². The van der Waals surface area contributed by atoms with E-state index in [0.29, 0.717) is 25.7 Å². The number of carboxylic acids is 1. The van der Waals surface area contributed by atoms with E-state index in [1.807, 2.05) is 0 Å². The lowest BCUT2D eigenvalue weighted by molar-refractivity contribution is -0.241. The maximum atomic E-state index is 11.5. The third-order valence-corrected chi connectivity index (χ3v) is 10.5. The third-order valence-electron chi connectivity index (χ3n) is 10.5. The third kappa shape index (κ3) is 3.08. The van der Waals surface area contributed by atoms with Crippen LogP contribution in [0.1, 0.15) is 72.1 Å². The minimum absolute atomic E-state index is 0.0104. The van der Waals surface area contributed by atoms with Gasteiger partial charge in [0.2, 0.25) is 0 Å². The van der Waals surface area contributed by atoms with Gasteiger partial charge < -0.3 is 25.5 Å². The van der Waals surface area contributed by atoms with Crippen LogP contribution in [0.4, 0.5) is 0 Å². The Bertz CT molecular complexity index is 668. The molecule has 4 aliphatic rings. The molecule has 0 heterocycles. The molecule has 6 nitrogen and oxygen atoms in total. The average Bonchev–Trinajstić information content (AvgIpc) is 3.04. The Morgan fingerprint density at radius 1 is 0.933 bits per heavy atom. The van der Waals surface area contributed by atoms with Crippen LogP contribution in [-0.2, 0) is 4.79 Å². The van der Waals surface area contributed by atoms with Crippen molar-refractivity contribution < 1.29 is 30.3 Å². The molecule has 0 aliphatic heterocycles. The molecule has 0 radical (unpaired) electrons. The zero-order chi connectivity index (χ0) is 22.0. The Balaban J connectivity index is 1.65. The number of hydrogen-bond acceptors (Lipinski definition) is 5. The van der Waals surface area contributed by atoms with Crippen molar-refractivity contribution in [1.29, 1.82) is 0 Å². The van der Waals surface area contributed by atoms with E-state index in [9.17, 15) is 25.2 Å². The SMILES string of the molecule is C[C@H](CCC(=O)O)[C@H]1CC[C@H]2[C@@H]3C(O)CC4CCC(O)C(O)[C@]4(C)[C@H]3CC(O)[C@]12C. The van der Waals surface area contributed by atoms with Crippen LogP contribution in [0, 0.1) is 46.3 Å². The van der Waals surface area contributed by atoms with Crippen LogP contribution in [0.3, 0.4) is 0 Å². The Kier molecular flexibility index (Phi) is 5.79. The van der Waals surface area contributed by atoms with E-state index in [1.54, 1.807) is 0 Å². The van der Waals surface area contributed by atoms with Gasteiger partial charge in [-0.15, -0.1) is 0 Å². The Morgan fingerprint density at radius 3 is 2.30 bits per heavy atom. The monoisotopic (exact) mass is 424 g/mol. The fraction of sp³-hybridized carbons (Fsp3) is 0.958. The van der Waals surface area contributed by atoms with Gasteiger partial charge in [-0.3, -0.25) is 4.79 Å². The summed E-state index contributed by atoms with van der Waals surface area (Å²) >= 11 is 0. The summed E-state index contributed by atoms with van der Waals surface area (Å²) < 4.78 is 0. The lowest BCUT2D eigenvalue weighted by Crippen LogP contribution is -2.66. The van der Waals surface area contributed by atoms with E-state index < -0.39 is 35.8 Å². The summed E-state index contributed by atoms with van der Waals surface area (Å²) in [6.07, 6.45) is 2.64. The van der Waals surface area contributed by atoms with Gasteiger partial charge in [0.25, 0.3) is 0 Å². The van der Waals surface area contributed by atoms with Crippen LogP contribution >= 0.6 is 0 Å². The van der Waals surface area contributed by atoms with Gasteiger partial charge in [0.15, 0.2) is 0 Å². The summed E-state index contributed by atoms with van der Waals surface area (Å²) in [6.45, 7) is 6.34. The average molecular weight is 425 g/mol. The van der Waals surface area contributed by atoms with Gasteiger partial charge in [-0.25, -0.2) is 0 Å². The lowest BCUT2D eigenvalue weighted by Gasteiger charge is -2.64. The molecule has 0 aromatic carbocycles. The highest BCUT2D eigenvalue weighted by Crippen LogP contribution is 2.68. The first-order chi connectivity index (χ1) is 14.0. The highest BCUT2D eigenvalue weighted by molar-refractivity contribution is 5.66. The number of rotatable bonds is 4. The Hall–Kier alpha value is -0.690. The fourth-order valence-corrected chi connectivity index (χ4v) is 8.78. The Morgan fingerprint density at radius 2 is 1.63 bits per heavy atom. The normalized spacial score (nSPS) is 54.0. The molecule has 0 bridgehead atoms. The molecule has 4 aliphatic carbocycles. The molecule has 6 heteroatoms. The second kappa shape index (κ2) is 7.72. The number of hydrogen-bond donors (Lipinski definition) is 5. The van der Waals surface area contributed by atoms with Crippen molar-refractivity contribution in [3.8, 4) is 0 Å². The molecule has 0 aromatic rings. The number of aliphatic carboxylic acids is 1. The van der Waals surface area contributed by atoms with E-state index in [4.69, 9.17) is 5.11 Å². The molecule has 4 fully saturated rings. The number of aliphatic hydroxyl groups excluding tert-OH is 4. The highest BCUT2D eigenvalue weighted by atomic mass is 16.4. The molecule has 0 aromatic heterocycles. The predicted molar refractivity (Wildman–Crippen MR) is 111 cm³/mol. The molecule has 4 rings (SSSR count). The zero-order valence-corrected chi connectivity index (χ0v) is 18.6. The quantitative estimate of drug-likeness (QED) is 0.473. The van der Waals surface area contributed by atoms with Gasteiger partial charge in [0.05, 0.1) is 24.4 Å². The van der Waals surface area contributed by atoms with Crippen LogP contribution < -0.4 is 0 Å². The van der Waals surface area contributed by atoms with E-state index in [2.05, 4.69) is 20.8 Å². The second-order valence-electron chi connectivity index (χ2n) is 11.5. The molecule has 172 valence electrons. The van der Waals surface area contributed by atoms with E-state index >= 15 is 0 Å². The first-order valence-corrected chi connectivity index (χ1v) is 12.0. The first-order valence-electron chi connectivity index (χ1n) is 12.0. The van der Waals surface area contributed by atoms with Crippen LogP contribution in [0.2, 0.25) is 0 Å². The Labute approximate surface area is 179 Å². The molecule has 5 unspecified atom stereocenters. The molecule has 30 heavy (non-hydrogen) atoms. The molecular weight excluding hydrogens is 384 g/mol. The van der Waals surface area contributed by atoms with E-state index in [-0.39, 0.29) is 47.3 Å². The van der Waals surface area contributed by atoms with Gasteiger partial charge >= 0.3 is 5.97 Å². The number of fused-ring (bicyclic) bond motifs is 5. The second-order valence-corrected chi connectivity index (χ2v) is 11.5. The predicted octanol–water partition coefficient (Wildman–Crippen LogP) is 2.42. The molecular formula is C24H40O6. The standard InChI is InChI=1S/C24H40O6/c1-12(4-9-20(28)29)14-6-7-15-21-16(11-19(27)24(14,15)3)23(2)13(10-18(21)26)5-8-17(25)22(23)30/h12-19,21-22,25-27,30H,4-11H2,1-3H3,(H,28,29)/t12-,13?,14-,15+,16+,17?,18?,19?,21+,22?,23+,24-/m1/s1. The summed E-state index contributed by atoms with van der Waals surface area (Å²) in [5, 5.41) is 53.3. The fourth-order valence-electron chi connectivity index (χ4n) is 8.78. The molecule has 0 saturated heterocycles. The van der Waals surface area contributed by atoms with Crippen LogP contribution in [0.5, 0.6) is 0 Å². The van der Waals surface area contributed by atoms with Crippen LogP contribution in [0.15, 0.2) is 0 Å². The van der Waals surface area contributed by atoms with Crippen molar-refractivity contribution in [2.45, 2.75) is 96.6 Å². The highest BCUT2D eigenvalue weighted by Gasteiger charge is 2.67. The molecule has 0 amide bonds. The molecule has 5 N–H and O–H groups in total. The van der Waals surface area contributed by atoms with Gasteiger partial charge in [0.1, 0.15) is 0 Å². The number of carboxylic acid groups (broad SMARTS) is 1. The van der Waals surface area contributed by atoms with Crippen molar-refractivity contribution in [2.75, 3.05) is 0 Å². The largest absolute Gasteiger partial charge is 0.481 e. The van der Waals surface area contributed by atoms with Gasteiger partial charge in [-0.1, -0.05) is 20.8 Å². The molecule has 12 atom stereocenters. The van der Waals surface area contributed by atoms with Crippen LogP contribution in [-0.4, -0.2) is 55.9 Å². The summed E-state index contributed by atoms with van der Waals surface area (Å²) in [5.74, 6) is -0.0326. The van der Waals surface area contributed by atoms with Crippen molar-refractivity contribution in [2.24, 2.45) is 46.3 Å². The maximum Gasteiger partial charge on any atom is 0.303 e. The van der Waals surface area contributed by atoms with Crippen molar-refractivity contribution in [3.63, 3.8) is 0 Å². The van der Waals surface area contributed by atoms with E-state index in [0.717, 1.165) is 19.3 Å². The van der Waals surface area contributed by atoms with Gasteiger partial charge in [-0.05, 0) is 85.9 Å².